The SMILES string of the molecule is Cc1ccc2c(ccn2P=O)c1. The summed E-state index contributed by atoms with van der Waals surface area (Å²) in [5, 5.41) is 1.14. The fraction of sp³-hybridized carbons (Fsp3) is 0.111. The molecule has 0 unspecified atom stereocenters. The van der Waals surface area contributed by atoms with Crippen molar-refractivity contribution in [2.24, 2.45) is 0 Å². The van der Waals surface area contributed by atoms with E-state index in [1.807, 2.05) is 31.3 Å². The van der Waals surface area contributed by atoms with Crippen LogP contribution in [0, 0.1) is 6.92 Å². The first-order valence-corrected chi connectivity index (χ1v) is 4.49. The summed E-state index contributed by atoms with van der Waals surface area (Å²) < 4.78 is 12.3. The van der Waals surface area contributed by atoms with Crippen LogP contribution in [0.3, 0.4) is 0 Å². The van der Waals surface area contributed by atoms with Crippen LogP contribution in [0.5, 0.6) is 0 Å². The lowest BCUT2D eigenvalue weighted by atomic mass is 10.2. The average Bonchev–Trinajstić information content (AvgIpc) is 2.46. The van der Waals surface area contributed by atoms with E-state index >= 15 is 0 Å². The van der Waals surface area contributed by atoms with Crippen LogP contribution in [0.25, 0.3) is 10.9 Å². The van der Waals surface area contributed by atoms with Crippen molar-refractivity contribution in [2.45, 2.75) is 6.92 Å². The summed E-state index contributed by atoms with van der Waals surface area (Å²) in [5.41, 5.74) is 2.24. The molecule has 0 aliphatic carbocycles. The highest BCUT2D eigenvalue weighted by Crippen LogP contribution is 2.20. The monoisotopic (exact) mass is 177 g/mol. The Balaban J connectivity index is 2.81. The summed E-state index contributed by atoms with van der Waals surface area (Å²) in [7, 11) is 0.0246. The third-order valence-electron chi connectivity index (χ3n) is 1.91. The molecule has 1 aromatic heterocycles. The molecule has 3 heteroatoms. The molecule has 0 amide bonds. The minimum atomic E-state index is 0.0246. The van der Waals surface area contributed by atoms with Crippen LogP contribution < -0.4 is 0 Å². The summed E-state index contributed by atoms with van der Waals surface area (Å²) in [6.07, 6.45) is 1.82. The predicted octanol–water partition coefficient (Wildman–Crippen LogP) is 3.00. The fourth-order valence-corrected chi connectivity index (χ4v) is 1.71. The van der Waals surface area contributed by atoms with Gasteiger partial charge in [0.2, 0.25) is 0 Å². The second kappa shape index (κ2) is 2.72. The van der Waals surface area contributed by atoms with E-state index in [9.17, 15) is 4.57 Å². The summed E-state index contributed by atoms with van der Waals surface area (Å²) in [5.74, 6) is 0. The molecule has 2 aromatic rings. The molecule has 0 fully saturated rings. The van der Waals surface area contributed by atoms with Gasteiger partial charge in [-0.25, -0.2) is 4.57 Å². The molecule has 0 N–H and O–H groups in total. The highest BCUT2D eigenvalue weighted by atomic mass is 31.1. The van der Waals surface area contributed by atoms with E-state index in [4.69, 9.17) is 0 Å². The molecule has 1 heterocycles. The maximum atomic E-state index is 10.6. The zero-order chi connectivity index (χ0) is 8.55. The van der Waals surface area contributed by atoms with E-state index in [0.29, 0.717) is 0 Å². The van der Waals surface area contributed by atoms with E-state index in [1.54, 1.807) is 4.34 Å². The standard InChI is InChI=1S/C9H8NOP/c1-7-2-3-9-8(6-7)4-5-10(9)12-11/h2-6H,1H3. The van der Waals surface area contributed by atoms with Crippen molar-refractivity contribution in [3.05, 3.63) is 36.0 Å². The van der Waals surface area contributed by atoms with Gasteiger partial charge < -0.3 is 0 Å². The second-order valence-corrected chi connectivity index (χ2v) is 3.40. The van der Waals surface area contributed by atoms with Crippen LogP contribution in [0.1, 0.15) is 5.56 Å². The van der Waals surface area contributed by atoms with Crippen molar-refractivity contribution in [3.8, 4) is 0 Å². The van der Waals surface area contributed by atoms with E-state index < -0.39 is 0 Å². The number of rotatable bonds is 1. The van der Waals surface area contributed by atoms with Crippen molar-refractivity contribution in [1.29, 1.82) is 0 Å². The Bertz CT molecular complexity index is 433. The third-order valence-corrected chi connectivity index (χ3v) is 2.44. The number of benzene rings is 1. The Labute approximate surface area is 72.1 Å². The Hall–Kier alpha value is -1.14. The molecular formula is C9H8NOP. The molecular weight excluding hydrogens is 169 g/mol. The van der Waals surface area contributed by atoms with Crippen molar-refractivity contribution in [1.82, 2.24) is 4.34 Å². The first-order valence-electron chi connectivity index (χ1n) is 3.72. The summed E-state index contributed by atoms with van der Waals surface area (Å²) >= 11 is 0. The molecule has 1 aromatic carbocycles. The molecule has 0 saturated carbocycles. The number of aryl methyl sites for hydroxylation is 1. The van der Waals surface area contributed by atoms with Gasteiger partial charge in [-0.15, -0.1) is 0 Å². The lowest BCUT2D eigenvalue weighted by Crippen LogP contribution is -1.76. The minimum absolute atomic E-state index is 0.0246. The van der Waals surface area contributed by atoms with Gasteiger partial charge in [-0.3, -0.25) is 4.34 Å². The zero-order valence-corrected chi connectivity index (χ0v) is 7.58. The Kier molecular flexibility index (Phi) is 1.70. The van der Waals surface area contributed by atoms with Gasteiger partial charge >= 0.3 is 0 Å². The minimum Gasteiger partial charge on any atom is -0.266 e. The predicted molar refractivity (Wildman–Crippen MR) is 49.7 cm³/mol. The van der Waals surface area contributed by atoms with Gasteiger partial charge in [0.25, 0.3) is 8.61 Å². The molecule has 0 aliphatic rings. The number of aromatic nitrogens is 1. The lowest BCUT2D eigenvalue weighted by Gasteiger charge is -1.94. The highest BCUT2D eigenvalue weighted by Gasteiger charge is 1.98. The van der Waals surface area contributed by atoms with Gasteiger partial charge in [0.15, 0.2) is 0 Å². The van der Waals surface area contributed by atoms with Crippen LogP contribution in [0.2, 0.25) is 0 Å². The van der Waals surface area contributed by atoms with E-state index in [0.717, 1.165) is 10.9 Å². The largest absolute Gasteiger partial charge is 0.286 e. The molecule has 2 nitrogen and oxygen atoms in total. The number of fused-ring (bicyclic) bond motifs is 1. The average molecular weight is 177 g/mol. The summed E-state index contributed by atoms with van der Waals surface area (Å²) in [6.45, 7) is 2.05. The van der Waals surface area contributed by atoms with Gasteiger partial charge in [0.05, 0.1) is 5.52 Å². The normalized spacial score (nSPS) is 11.1. The lowest BCUT2D eigenvalue weighted by molar-refractivity contribution is 0.595. The van der Waals surface area contributed by atoms with Crippen molar-refractivity contribution >= 4 is 19.5 Å². The first-order chi connectivity index (χ1) is 5.81. The van der Waals surface area contributed by atoms with E-state index in [1.165, 1.54) is 5.56 Å². The second-order valence-electron chi connectivity index (χ2n) is 2.80. The topological polar surface area (TPSA) is 22.0 Å². The van der Waals surface area contributed by atoms with Gasteiger partial charge in [-0.05, 0) is 25.1 Å². The van der Waals surface area contributed by atoms with E-state index in [2.05, 4.69) is 6.07 Å². The van der Waals surface area contributed by atoms with Crippen LogP contribution >= 0.6 is 8.61 Å². The fourth-order valence-electron chi connectivity index (χ4n) is 1.32. The maximum Gasteiger partial charge on any atom is 0.286 e. The Morgan fingerprint density at radius 3 is 2.92 bits per heavy atom. The number of hydrogen-bond donors (Lipinski definition) is 0. The van der Waals surface area contributed by atoms with Crippen LogP contribution in [0.15, 0.2) is 30.5 Å². The molecule has 12 heavy (non-hydrogen) atoms. The molecule has 0 spiro atoms. The van der Waals surface area contributed by atoms with Crippen molar-refractivity contribution in [2.75, 3.05) is 0 Å². The molecule has 0 radical (unpaired) electrons. The van der Waals surface area contributed by atoms with E-state index in [-0.39, 0.29) is 8.61 Å². The third kappa shape index (κ3) is 1.05. The molecule has 60 valence electrons. The molecule has 0 atom stereocenters. The first kappa shape index (κ1) is 7.51. The molecule has 2 rings (SSSR count). The smallest absolute Gasteiger partial charge is 0.266 e. The molecule has 0 aliphatic heterocycles. The summed E-state index contributed by atoms with van der Waals surface area (Å²) in [6, 6.07) is 8.05. The molecule has 0 saturated heterocycles. The van der Waals surface area contributed by atoms with Gasteiger partial charge in [-0.2, -0.15) is 0 Å². The van der Waals surface area contributed by atoms with Crippen LogP contribution in [-0.2, 0) is 4.57 Å². The summed E-state index contributed by atoms with van der Waals surface area (Å²) in [4.78, 5) is 0. The van der Waals surface area contributed by atoms with Crippen LogP contribution in [-0.4, -0.2) is 4.34 Å². The number of hydrogen-bond acceptors (Lipinski definition) is 1. The van der Waals surface area contributed by atoms with Gasteiger partial charge in [0, 0.05) is 11.6 Å². The van der Waals surface area contributed by atoms with Crippen LogP contribution in [0.4, 0.5) is 0 Å². The van der Waals surface area contributed by atoms with Gasteiger partial charge in [0.1, 0.15) is 0 Å². The number of nitrogens with zero attached hydrogens (tertiary/aromatic N) is 1. The van der Waals surface area contributed by atoms with Crippen molar-refractivity contribution < 1.29 is 4.57 Å². The van der Waals surface area contributed by atoms with Gasteiger partial charge in [-0.1, -0.05) is 11.6 Å². The molecule has 0 bridgehead atoms. The highest BCUT2D eigenvalue weighted by molar-refractivity contribution is 7.22. The quantitative estimate of drug-likeness (QED) is 0.613. The maximum absolute atomic E-state index is 10.6. The zero-order valence-electron chi connectivity index (χ0n) is 6.69. The van der Waals surface area contributed by atoms with Crippen molar-refractivity contribution in [3.63, 3.8) is 0 Å². The Morgan fingerprint density at radius 2 is 2.17 bits per heavy atom. The Morgan fingerprint density at radius 1 is 1.33 bits per heavy atom.